The van der Waals surface area contributed by atoms with Crippen molar-refractivity contribution in [3.8, 4) is 5.88 Å². The van der Waals surface area contributed by atoms with Crippen molar-refractivity contribution in [3.05, 3.63) is 48.8 Å². The normalized spacial score (nSPS) is 20.4. The number of aromatic nitrogens is 4. The number of benzene rings is 1. The molecule has 0 radical (unpaired) electrons. The molecule has 5 N–H and O–H groups in total. The summed E-state index contributed by atoms with van der Waals surface area (Å²) in [7, 11) is 0. The van der Waals surface area contributed by atoms with Gasteiger partial charge in [0.1, 0.15) is 30.6 Å². The first-order valence-electron chi connectivity index (χ1n) is 19.8. The second-order valence-corrected chi connectivity index (χ2v) is 16.2. The Hall–Kier alpha value is -5.41. The number of imidazole rings is 1. The fourth-order valence-electron chi connectivity index (χ4n) is 7.59. The third kappa shape index (κ3) is 9.69. The molecule has 300 valence electrons. The Bertz CT molecular complexity index is 1900. The molecule has 16 nitrogen and oxygen atoms in total. The van der Waals surface area contributed by atoms with Crippen LogP contribution in [-0.4, -0.2) is 103 Å². The van der Waals surface area contributed by atoms with Crippen molar-refractivity contribution in [1.29, 1.82) is 0 Å². The number of amides is 5. The van der Waals surface area contributed by atoms with E-state index < -0.39 is 71.0 Å². The Morgan fingerprint density at radius 1 is 0.946 bits per heavy atom. The van der Waals surface area contributed by atoms with Crippen LogP contribution in [0, 0.1) is 11.3 Å². The van der Waals surface area contributed by atoms with E-state index in [9.17, 15) is 28.8 Å². The van der Waals surface area contributed by atoms with Gasteiger partial charge in [-0.3, -0.25) is 28.8 Å². The van der Waals surface area contributed by atoms with Gasteiger partial charge in [-0.25, -0.2) is 15.0 Å². The molecule has 1 aromatic carbocycles. The number of nitrogens with zero attached hydrogens (tertiary/aromatic N) is 4. The smallest absolute Gasteiger partial charge is 0.289 e. The van der Waals surface area contributed by atoms with Crippen LogP contribution in [0.4, 0.5) is 0 Å². The lowest BCUT2D eigenvalue weighted by Crippen LogP contribution is -2.62. The second-order valence-electron chi connectivity index (χ2n) is 16.2. The van der Waals surface area contributed by atoms with Crippen LogP contribution in [-0.2, 0) is 24.0 Å². The first-order chi connectivity index (χ1) is 26.8. The van der Waals surface area contributed by atoms with E-state index in [-0.39, 0.29) is 43.1 Å². The van der Waals surface area contributed by atoms with Crippen molar-refractivity contribution in [3.63, 3.8) is 0 Å². The summed E-state index contributed by atoms with van der Waals surface area (Å²) in [6.07, 6.45) is 10.3. The Kier molecular flexibility index (Phi) is 12.6. The van der Waals surface area contributed by atoms with Crippen LogP contribution in [0.25, 0.3) is 10.9 Å². The average molecular weight is 772 g/mol. The van der Waals surface area contributed by atoms with E-state index in [1.807, 2.05) is 52.0 Å². The number of hydrogen-bond acceptors (Lipinski definition) is 10. The van der Waals surface area contributed by atoms with E-state index in [2.05, 4.69) is 41.2 Å². The maximum absolute atomic E-state index is 14.9. The van der Waals surface area contributed by atoms with Crippen molar-refractivity contribution in [2.24, 2.45) is 11.3 Å². The van der Waals surface area contributed by atoms with Crippen LogP contribution >= 0.6 is 0 Å². The minimum Gasteiger partial charge on any atom is -0.472 e. The summed E-state index contributed by atoms with van der Waals surface area (Å²) in [6.45, 7) is 7.25. The highest BCUT2D eigenvalue weighted by molar-refractivity contribution is 6.38. The third-order valence-electron chi connectivity index (χ3n) is 10.8. The van der Waals surface area contributed by atoms with Gasteiger partial charge in [0.15, 0.2) is 5.82 Å². The van der Waals surface area contributed by atoms with E-state index in [0.717, 1.165) is 44.9 Å². The number of rotatable bonds is 15. The van der Waals surface area contributed by atoms with E-state index in [0.29, 0.717) is 17.3 Å². The summed E-state index contributed by atoms with van der Waals surface area (Å²) in [5.41, 5.74) is -0.190. The quantitative estimate of drug-likeness (QED) is 0.142. The summed E-state index contributed by atoms with van der Waals surface area (Å²) in [6, 6.07) is 3.00. The first kappa shape index (κ1) is 40.3. The Labute approximate surface area is 326 Å². The fourth-order valence-corrected chi connectivity index (χ4v) is 7.59. The van der Waals surface area contributed by atoms with Gasteiger partial charge in [-0.1, -0.05) is 65.5 Å². The largest absolute Gasteiger partial charge is 0.472 e. The maximum Gasteiger partial charge on any atom is 0.289 e. The maximum atomic E-state index is 14.9. The second kappa shape index (κ2) is 17.6. The molecule has 5 amide bonds. The summed E-state index contributed by atoms with van der Waals surface area (Å²) in [5.74, 6) is -3.49. The van der Waals surface area contributed by atoms with Crippen LogP contribution in [0.2, 0.25) is 0 Å². The number of likely N-dealkylation sites (tertiary alicyclic amines) is 1. The van der Waals surface area contributed by atoms with E-state index >= 15 is 0 Å². The van der Waals surface area contributed by atoms with Crippen molar-refractivity contribution >= 4 is 46.2 Å². The van der Waals surface area contributed by atoms with Gasteiger partial charge in [0.25, 0.3) is 11.8 Å². The van der Waals surface area contributed by atoms with Crippen LogP contribution in [0.1, 0.15) is 103 Å². The minimum absolute atomic E-state index is 0.0342. The number of aromatic amines is 1. The SMILES string of the molecule is CCC[C@H](NC(=O)[C@@H]1C[C@@H](Oc2ncnc3ccccc23)CN1C(=O)[C@@H](NC(=O)[C@@H](NC(=O)c1ncc[nH]1)C1CCCCC1)C(C)(C)C)C(=O)C(=O)NC1CC1. The molecule has 0 bridgehead atoms. The van der Waals surface area contributed by atoms with Crippen molar-refractivity contribution in [1.82, 2.24) is 46.1 Å². The standard InChI is InChI=1S/C40H53N9O7/c1-5-11-28(31(50)36(53)45-24-16-17-24)46-34(51)29-20-25(56-38-26-14-9-10-15-27(26)43-22-44-38)21-49(29)39(55)32(40(2,3)4)48-35(52)30(23-12-7-6-8-13-23)47-37(54)33-41-18-19-42-33/h9-10,14-15,18-19,22-25,28-30,32H,5-8,11-13,16-17,20-21H2,1-4H3,(H,41,42)(H,45,53)(H,46,51)(H,47,54)(H,48,52)/t25-,28+,29+,30+,32-/m1/s1. The zero-order valence-corrected chi connectivity index (χ0v) is 32.5. The molecule has 5 atom stereocenters. The number of fused-ring (bicyclic) bond motifs is 1. The molecule has 1 saturated heterocycles. The molecule has 3 aromatic rings. The van der Waals surface area contributed by atoms with Crippen LogP contribution in [0.3, 0.4) is 0 Å². The molecule has 1 aliphatic heterocycles. The lowest BCUT2D eigenvalue weighted by molar-refractivity contribution is -0.145. The first-order valence-corrected chi connectivity index (χ1v) is 19.8. The molecule has 2 aromatic heterocycles. The van der Waals surface area contributed by atoms with Gasteiger partial charge >= 0.3 is 0 Å². The lowest BCUT2D eigenvalue weighted by atomic mass is 9.82. The van der Waals surface area contributed by atoms with Crippen molar-refractivity contribution in [2.75, 3.05) is 6.54 Å². The van der Waals surface area contributed by atoms with Crippen LogP contribution < -0.4 is 26.0 Å². The number of Topliss-reactive ketones (excluding diaryl/α,β-unsaturated/α-hetero) is 1. The number of hydrogen-bond donors (Lipinski definition) is 5. The highest BCUT2D eigenvalue weighted by Crippen LogP contribution is 2.31. The number of nitrogens with one attached hydrogen (secondary N) is 5. The zero-order chi connectivity index (χ0) is 40.0. The summed E-state index contributed by atoms with van der Waals surface area (Å²) in [4.78, 5) is 99.5. The summed E-state index contributed by atoms with van der Waals surface area (Å²) in [5, 5.41) is 12.0. The van der Waals surface area contributed by atoms with Gasteiger partial charge in [0, 0.05) is 24.9 Å². The van der Waals surface area contributed by atoms with E-state index in [4.69, 9.17) is 4.74 Å². The molecule has 16 heteroatoms. The molecule has 2 aliphatic carbocycles. The number of H-pyrrole nitrogens is 1. The van der Waals surface area contributed by atoms with E-state index in [1.165, 1.54) is 23.6 Å². The Morgan fingerprint density at radius 2 is 1.70 bits per heavy atom. The van der Waals surface area contributed by atoms with Crippen LogP contribution in [0.5, 0.6) is 5.88 Å². The highest BCUT2D eigenvalue weighted by Gasteiger charge is 2.47. The Morgan fingerprint density at radius 3 is 2.38 bits per heavy atom. The van der Waals surface area contributed by atoms with Crippen molar-refractivity contribution in [2.45, 2.75) is 128 Å². The number of para-hydroxylation sites is 1. The highest BCUT2D eigenvalue weighted by atomic mass is 16.5. The molecule has 0 unspecified atom stereocenters. The van der Waals surface area contributed by atoms with Gasteiger partial charge in [-0.15, -0.1) is 0 Å². The number of ether oxygens (including phenoxy) is 1. The summed E-state index contributed by atoms with van der Waals surface area (Å²) >= 11 is 0. The molecule has 3 heterocycles. The molecular weight excluding hydrogens is 718 g/mol. The average Bonchev–Trinajstić information content (AvgIpc) is 3.62. The zero-order valence-electron chi connectivity index (χ0n) is 32.5. The Balaban J connectivity index is 1.27. The van der Waals surface area contributed by atoms with E-state index in [1.54, 1.807) is 0 Å². The molecular formula is C40H53N9O7. The minimum atomic E-state index is -1.13. The molecule has 3 fully saturated rings. The molecule has 3 aliphatic rings. The molecule has 56 heavy (non-hydrogen) atoms. The predicted molar refractivity (Wildman–Crippen MR) is 205 cm³/mol. The fraction of sp³-hybridized carbons (Fsp3) is 0.575. The van der Waals surface area contributed by atoms with Gasteiger partial charge in [0.05, 0.1) is 23.5 Å². The molecule has 6 rings (SSSR count). The van der Waals surface area contributed by atoms with Crippen LogP contribution in [0.15, 0.2) is 43.0 Å². The number of carbonyl (C=O) groups is 6. The molecule has 2 saturated carbocycles. The van der Waals surface area contributed by atoms with Gasteiger partial charge in [0.2, 0.25) is 29.4 Å². The monoisotopic (exact) mass is 771 g/mol. The molecule has 0 spiro atoms. The topological polar surface area (TPSA) is 217 Å². The van der Waals surface area contributed by atoms with Gasteiger partial charge in [-0.05, 0) is 55.6 Å². The predicted octanol–water partition coefficient (Wildman–Crippen LogP) is 2.74. The summed E-state index contributed by atoms with van der Waals surface area (Å²) < 4.78 is 6.38. The van der Waals surface area contributed by atoms with Crippen molar-refractivity contribution < 1.29 is 33.5 Å². The van der Waals surface area contributed by atoms with Gasteiger partial charge in [-0.2, -0.15) is 0 Å². The van der Waals surface area contributed by atoms with Gasteiger partial charge < -0.3 is 35.9 Å². The third-order valence-corrected chi connectivity index (χ3v) is 10.8. The number of carbonyl (C=O) groups excluding carboxylic acids is 6. The number of ketones is 1. The lowest BCUT2D eigenvalue weighted by Gasteiger charge is -2.37.